The average Bonchev–Trinajstić information content (AvgIpc) is 2.62. The SMILES string of the molecule is Cc1cc(I)ccc1NC(=O)c1c(C)coc1C. The minimum atomic E-state index is -0.122. The van der Waals surface area contributed by atoms with E-state index in [2.05, 4.69) is 27.9 Å². The molecule has 0 saturated heterocycles. The molecule has 0 saturated carbocycles. The van der Waals surface area contributed by atoms with Crippen molar-refractivity contribution in [1.29, 1.82) is 0 Å². The largest absolute Gasteiger partial charge is 0.469 e. The number of anilines is 1. The van der Waals surface area contributed by atoms with Crippen LogP contribution in [0.5, 0.6) is 0 Å². The Labute approximate surface area is 120 Å². The van der Waals surface area contributed by atoms with Gasteiger partial charge < -0.3 is 9.73 Å². The van der Waals surface area contributed by atoms with Gasteiger partial charge in [-0.15, -0.1) is 0 Å². The lowest BCUT2D eigenvalue weighted by Crippen LogP contribution is -2.14. The number of amides is 1. The van der Waals surface area contributed by atoms with Gasteiger partial charge in [0.05, 0.1) is 11.8 Å². The van der Waals surface area contributed by atoms with Crippen LogP contribution in [0, 0.1) is 24.3 Å². The quantitative estimate of drug-likeness (QED) is 0.826. The number of aryl methyl sites for hydroxylation is 3. The summed E-state index contributed by atoms with van der Waals surface area (Å²) in [5, 5.41) is 2.92. The Morgan fingerprint density at radius 1 is 1.22 bits per heavy atom. The molecule has 0 unspecified atom stereocenters. The Kier molecular flexibility index (Phi) is 3.75. The maximum absolute atomic E-state index is 12.2. The molecule has 2 rings (SSSR count). The third kappa shape index (κ3) is 2.58. The van der Waals surface area contributed by atoms with Crippen molar-refractivity contribution in [3.05, 3.63) is 50.5 Å². The molecule has 0 spiro atoms. The molecule has 0 bridgehead atoms. The Morgan fingerprint density at radius 3 is 2.50 bits per heavy atom. The molecule has 0 atom stereocenters. The molecule has 0 radical (unpaired) electrons. The summed E-state index contributed by atoms with van der Waals surface area (Å²) in [7, 11) is 0. The van der Waals surface area contributed by atoms with E-state index in [4.69, 9.17) is 4.42 Å². The number of hydrogen-bond donors (Lipinski definition) is 1. The minimum Gasteiger partial charge on any atom is -0.469 e. The third-order valence-electron chi connectivity index (χ3n) is 2.82. The van der Waals surface area contributed by atoms with Gasteiger partial charge in [0.1, 0.15) is 5.76 Å². The van der Waals surface area contributed by atoms with Gasteiger partial charge >= 0.3 is 0 Å². The van der Waals surface area contributed by atoms with Crippen LogP contribution in [0.1, 0.15) is 27.2 Å². The van der Waals surface area contributed by atoms with Gasteiger partial charge in [0.15, 0.2) is 0 Å². The van der Waals surface area contributed by atoms with Gasteiger partial charge in [-0.1, -0.05) is 0 Å². The summed E-state index contributed by atoms with van der Waals surface area (Å²) in [6, 6.07) is 5.92. The fourth-order valence-corrected chi connectivity index (χ4v) is 2.51. The summed E-state index contributed by atoms with van der Waals surface area (Å²) >= 11 is 2.25. The summed E-state index contributed by atoms with van der Waals surface area (Å²) < 4.78 is 6.39. The molecular formula is C14H14INO2. The second kappa shape index (κ2) is 5.14. The van der Waals surface area contributed by atoms with Crippen LogP contribution in [0.3, 0.4) is 0 Å². The lowest BCUT2D eigenvalue weighted by molar-refractivity contribution is 0.102. The Balaban J connectivity index is 2.27. The molecular weight excluding hydrogens is 341 g/mol. The zero-order valence-corrected chi connectivity index (χ0v) is 12.7. The van der Waals surface area contributed by atoms with Crippen LogP contribution in [0.4, 0.5) is 5.69 Å². The first kappa shape index (κ1) is 13.1. The van der Waals surface area contributed by atoms with Gasteiger partial charge in [0.25, 0.3) is 5.91 Å². The number of halogens is 1. The van der Waals surface area contributed by atoms with E-state index >= 15 is 0 Å². The van der Waals surface area contributed by atoms with Crippen molar-refractivity contribution in [2.24, 2.45) is 0 Å². The van der Waals surface area contributed by atoms with Gasteiger partial charge in [-0.05, 0) is 67.1 Å². The highest BCUT2D eigenvalue weighted by Gasteiger charge is 2.16. The summed E-state index contributed by atoms with van der Waals surface area (Å²) in [6.07, 6.45) is 1.60. The maximum Gasteiger partial charge on any atom is 0.259 e. The number of benzene rings is 1. The van der Waals surface area contributed by atoms with E-state index in [-0.39, 0.29) is 5.91 Å². The smallest absolute Gasteiger partial charge is 0.259 e. The summed E-state index contributed by atoms with van der Waals surface area (Å²) in [6.45, 7) is 5.64. The fraction of sp³-hybridized carbons (Fsp3) is 0.214. The van der Waals surface area contributed by atoms with Crippen LogP contribution in [0.25, 0.3) is 0 Å². The van der Waals surface area contributed by atoms with Crippen molar-refractivity contribution in [2.45, 2.75) is 20.8 Å². The van der Waals surface area contributed by atoms with Gasteiger partial charge in [-0.25, -0.2) is 0 Å². The predicted molar refractivity (Wildman–Crippen MR) is 80.0 cm³/mol. The molecule has 1 aromatic heterocycles. The van der Waals surface area contributed by atoms with E-state index in [9.17, 15) is 4.79 Å². The maximum atomic E-state index is 12.2. The van der Waals surface area contributed by atoms with Crippen molar-refractivity contribution in [2.75, 3.05) is 5.32 Å². The highest BCUT2D eigenvalue weighted by Crippen LogP contribution is 2.21. The number of furan rings is 1. The molecule has 0 aliphatic heterocycles. The predicted octanol–water partition coefficient (Wildman–Crippen LogP) is 4.06. The van der Waals surface area contributed by atoms with Crippen LogP contribution in [-0.4, -0.2) is 5.91 Å². The van der Waals surface area contributed by atoms with Gasteiger partial charge in [0, 0.05) is 14.8 Å². The standard InChI is InChI=1S/C14H14INO2/c1-8-6-11(15)4-5-12(8)16-14(17)13-9(2)7-18-10(13)3/h4-7H,1-3H3,(H,16,17). The highest BCUT2D eigenvalue weighted by molar-refractivity contribution is 14.1. The van der Waals surface area contributed by atoms with E-state index in [1.54, 1.807) is 13.2 Å². The molecule has 18 heavy (non-hydrogen) atoms. The second-order valence-corrected chi connectivity index (χ2v) is 5.51. The van der Waals surface area contributed by atoms with Crippen molar-refractivity contribution < 1.29 is 9.21 Å². The summed E-state index contributed by atoms with van der Waals surface area (Å²) in [4.78, 5) is 12.2. The molecule has 0 aliphatic rings. The Hall–Kier alpha value is -1.30. The van der Waals surface area contributed by atoms with Crippen LogP contribution < -0.4 is 5.32 Å². The van der Waals surface area contributed by atoms with E-state index in [1.165, 1.54) is 0 Å². The molecule has 94 valence electrons. The molecule has 1 amide bonds. The molecule has 1 heterocycles. The Bertz CT molecular complexity index is 582. The van der Waals surface area contributed by atoms with Crippen LogP contribution in [-0.2, 0) is 0 Å². The minimum absolute atomic E-state index is 0.122. The molecule has 4 heteroatoms. The average molecular weight is 355 g/mol. The number of rotatable bonds is 2. The Morgan fingerprint density at radius 2 is 1.94 bits per heavy atom. The molecule has 2 aromatic rings. The zero-order chi connectivity index (χ0) is 13.3. The lowest BCUT2D eigenvalue weighted by Gasteiger charge is -2.08. The molecule has 3 nitrogen and oxygen atoms in total. The van der Waals surface area contributed by atoms with Crippen molar-refractivity contribution in [3.8, 4) is 0 Å². The van der Waals surface area contributed by atoms with Crippen LogP contribution in [0.15, 0.2) is 28.9 Å². The molecule has 1 aromatic carbocycles. The zero-order valence-electron chi connectivity index (χ0n) is 10.5. The number of hydrogen-bond acceptors (Lipinski definition) is 2. The van der Waals surface area contributed by atoms with Crippen molar-refractivity contribution in [3.63, 3.8) is 0 Å². The topological polar surface area (TPSA) is 42.2 Å². The number of carbonyl (C=O) groups is 1. The second-order valence-electron chi connectivity index (χ2n) is 4.26. The lowest BCUT2D eigenvalue weighted by atomic mass is 10.1. The molecule has 0 aliphatic carbocycles. The van der Waals surface area contributed by atoms with Gasteiger partial charge in [-0.2, -0.15) is 0 Å². The number of carbonyl (C=O) groups excluding carboxylic acids is 1. The van der Waals surface area contributed by atoms with E-state index in [0.717, 1.165) is 20.4 Å². The third-order valence-corrected chi connectivity index (χ3v) is 3.49. The van der Waals surface area contributed by atoms with E-state index in [0.29, 0.717) is 11.3 Å². The van der Waals surface area contributed by atoms with Crippen LogP contribution in [0.2, 0.25) is 0 Å². The van der Waals surface area contributed by atoms with Gasteiger partial charge in [-0.3, -0.25) is 4.79 Å². The van der Waals surface area contributed by atoms with Gasteiger partial charge in [0.2, 0.25) is 0 Å². The first-order valence-corrected chi connectivity index (χ1v) is 6.69. The van der Waals surface area contributed by atoms with Crippen molar-refractivity contribution in [1.82, 2.24) is 0 Å². The first-order chi connectivity index (χ1) is 8.49. The number of nitrogens with one attached hydrogen (secondary N) is 1. The first-order valence-electron chi connectivity index (χ1n) is 5.61. The normalized spacial score (nSPS) is 10.4. The summed E-state index contributed by atoms with van der Waals surface area (Å²) in [5.41, 5.74) is 3.36. The molecule has 1 N–H and O–H groups in total. The molecule has 0 fully saturated rings. The van der Waals surface area contributed by atoms with Crippen LogP contribution >= 0.6 is 22.6 Å². The summed E-state index contributed by atoms with van der Waals surface area (Å²) in [5.74, 6) is 0.524. The fourth-order valence-electron chi connectivity index (χ4n) is 1.86. The highest BCUT2D eigenvalue weighted by atomic mass is 127. The van der Waals surface area contributed by atoms with E-state index in [1.807, 2.05) is 32.0 Å². The van der Waals surface area contributed by atoms with Crippen molar-refractivity contribution >= 4 is 34.2 Å². The monoisotopic (exact) mass is 355 g/mol. The van der Waals surface area contributed by atoms with E-state index < -0.39 is 0 Å².